The van der Waals surface area contributed by atoms with Crippen molar-refractivity contribution in [2.75, 3.05) is 0 Å². The van der Waals surface area contributed by atoms with Gasteiger partial charge in [0.1, 0.15) is 0 Å². The van der Waals surface area contributed by atoms with E-state index in [1.807, 2.05) is 13.8 Å². The van der Waals surface area contributed by atoms with Crippen LogP contribution in [0.15, 0.2) is 12.2 Å². The van der Waals surface area contributed by atoms with Crippen molar-refractivity contribution >= 4 is 0 Å². The molecular weight excluding hydrogens is 144 g/mol. The van der Waals surface area contributed by atoms with Crippen LogP contribution in [0.4, 0.5) is 0 Å². The summed E-state index contributed by atoms with van der Waals surface area (Å²) >= 11 is 0. The Kier molecular flexibility index (Phi) is 5.28. The molecule has 1 atom stereocenters. The third-order valence-electron chi connectivity index (χ3n) is 2.49. The summed E-state index contributed by atoms with van der Waals surface area (Å²) in [7, 11) is 0. The number of rotatable bonds is 0. The third-order valence-corrected chi connectivity index (χ3v) is 2.49. The van der Waals surface area contributed by atoms with Gasteiger partial charge < -0.3 is 0 Å². The zero-order valence-electron chi connectivity index (χ0n) is 9.35. The van der Waals surface area contributed by atoms with Gasteiger partial charge in [-0.05, 0) is 30.6 Å². The van der Waals surface area contributed by atoms with Crippen LogP contribution in [0.5, 0.6) is 0 Å². The Morgan fingerprint density at radius 2 is 1.67 bits per heavy atom. The van der Waals surface area contributed by atoms with Gasteiger partial charge >= 0.3 is 0 Å². The molecule has 0 heteroatoms. The topological polar surface area (TPSA) is 0 Å². The van der Waals surface area contributed by atoms with Gasteiger partial charge in [0.15, 0.2) is 0 Å². The Morgan fingerprint density at radius 1 is 1.08 bits per heavy atom. The second kappa shape index (κ2) is 5.40. The highest BCUT2D eigenvalue weighted by Crippen LogP contribution is 2.34. The lowest BCUT2D eigenvalue weighted by Gasteiger charge is -2.31. The standard InChI is InChI=1S/C10H18.C2H6/c1-10(2,3)9-7-5-4-6-8-9;1-2/h4-5,9H,6-8H2,1-3H3;1-2H3. The van der Waals surface area contributed by atoms with Gasteiger partial charge in [-0.1, -0.05) is 46.8 Å². The molecule has 0 amide bonds. The van der Waals surface area contributed by atoms with E-state index in [0.29, 0.717) is 5.41 Å². The Labute approximate surface area is 78.1 Å². The molecule has 0 N–H and O–H groups in total. The van der Waals surface area contributed by atoms with Gasteiger partial charge in [0.2, 0.25) is 0 Å². The van der Waals surface area contributed by atoms with Crippen LogP contribution >= 0.6 is 0 Å². The van der Waals surface area contributed by atoms with Crippen molar-refractivity contribution in [1.29, 1.82) is 0 Å². The van der Waals surface area contributed by atoms with Crippen LogP contribution in [0.2, 0.25) is 0 Å². The van der Waals surface area contributed by atoms with Gasteiger partial charge in [0, 0.05) is 0 Å². The molecule has 0 aliphatic heterocycles. The Bertz CT molecular complexity index is 125. The highest BCUT2D eigenvalue weighted by Gasteiger charge is 2.23. The van der Waals surface area contributed by atoms with Crippen molar-refractivity contribution in [3.05, 3.63) is 12.2 Å². The normalized spacial score (nSPS) is 22.9. The highest BCUT2D eigenvalue weighted by atomic mass is 14.3. The summed E-state index contributed by atoms with van der Waals surface area (Å²) in [5.41, 5.74) is 0.519. The van der Waals surface area contributed by atoms with Crippen LogP contribution in [0.3, 0.4) is 0 Å². The molecule has 1 rings (SSSR count). The van der Waals surface area contributed by atoms with Gasteiger partial charge in [0.05, 0.1) is 0 Å². The Morgan fingerprint density at radius 3 is 1.92 bits per heavy atom. The van der Waals surface area contributed by atoms with E-state index in [4.69, 9.17) is 0 Å². The van der Waals surface area contributed by atoms with E-state index in [9.17, 15) is 0 Å². The first-order valence-corrected chi connectivity index (χ1v) is 5.26. The van der Waals surface area contributed by atoms with Crippen molar-refractivity contribution in [3.63, 3.8) is 0 Å². The van der Waals surface area contributed by atoms with E-state index < -0.39 is 0 Å². The quantitative estimate of drug-likeness (QED) is 0.470. The average molecular weight is 168 g/mol. The summed E-state index contributed by atoms with van der Waals surface area (Å²) in [6.07, 6.45) is 8.62. The molecule has 1 aliphatic rings. The molecule has 0 saturated heterocycles. The molecule has 0 saturated carbocycles. The summed E-state index contributed by atoms with van der Waals surface area (Å²) in [6.45, 7) is 11.0. The first-order chi connectivity index (χ1) is 5.61. The smallest absolute Gasteiger partial charge is 0.0317 e. The van der Waals surface area contributed by atoms with Gasteiger partial charge in [-0.3, -0.25) is 0 Å². The van der Waals surface area contributed by atoms with Crippen LogP contribution in [0.1, 0.15) is 53.9 Å². The van der Waals surface area contributed by atoms with Crippen molar-refractivity contribution < 1.29 is 0 Å². The maximum atomic E-state index is 2.34. The van der Waals surface area contributed by atoms with E-state index in [-0.39, 0.29) is 0 Å². The van der Waals surface area contributed by atoms with E-state index in [0.717, 1.165) is 5.92 Å². The fourth-order valence-corrected chi connectivity index (χ4v) is 1.58. The predicted octanol–water partition coefficient (Wildman–Crippen LogP) is 4.42. The lowest BCUT2D eigenvalue weighted by Crippen LogP contribution is -2.20. The van der Waals surface area contributed by atoms with Crippen molar-refractivity contribution in [2.45, 2.75) is 53.9 Å². The largest absolute Gasteiger partial charge is 0.0885 e. The summed E-state index contributed by atoms with van der Waals surface area (Å²) in [6, 6.07) is 0. The molecule has 12 heavy (non-hydrogen) atoms. The molecule has 1 unspecified atom stereocenters. The highest BCUT2D eigenvalue weighted by molar-refractivity contribution is 4.93. The van der Waals surface area contributed by atoms with E-state index in [1.54, 1.807) is 0 Å². The minimum absolute atomic E-state index is 0.519. The zero-order chi connectivity index (χ0) is 9.61. The molecule has 0 aromatic carbocycles. The average Bonchev–Trinajstić information content (AvgIpc) is 2.08. The monoisotopic (exact) mass is 168 g/mol. The second-order valence-electron chi connectivity index (χ2n) is 4.35. The fraction of sp³-hybridized carbons (Fsp3) is 0.833. The van der Waals surface area contributed by atoms with E-state index in [1.165, 1.54) is 19.3 Å². The lowest BCUT2D eigenvalue weighted by atomic mass is 9.74. The molecule has 1 aliphatic carbocycles. The van der Waals surface area contributed by atoms with E-state index >= 15 is 0 Å². The molecule has 0 aromatic heterocycles. The van der Waals surface area contributed by atoms with Crippen molar-refractivity contribution in [1.82, 2.24) is 0 Å². The fourth-order valence-electron chi connectivity index (χ4n) is 1.58. The SMILES string of the molecule is CC.CC(C)(C)C1CC=CCC1. The predicted molar refractivity (Wildman–Crippen MR) is 57.3 cm³/mol. The molecule has 0 spiro atoms. The van der Waals surface area contributed by atoms with E-state index in [2.05, 4.69) is 32.9 Å². The molecule has 0 bridgehead atoms. The van der Waals surface area contributed by atoms with Crippen LogP contribution in [-0.4, -0.2) is 0 Å². The van der Waals surface area contributed by atoms with Gasteiger partial charge in [-0.25, -0.2) is 0 Å². The van der Waals surface area contributed by atoms with Crippen LogP contribution in [0.25, 0.3) is 0 Å². The minimum atomic E-state index is 0.519. The number of hydrogen-bond donors (Lipinski definition) is 0. The van der Waals surface area contributed by atoms with Crippen LogP contribution in [0, 0.1) is 11.3 Å². The van der Waals surface area contributed by atoms with Crippen LogP contribution in [-0.2, 0) is 0 Å². The maximum absolute atomic E-state index is 2.34. The lowest BCUT2D eigenvalue weighted by molar-refractivity contribution is 0.223. The first-order valence-electron chi connectivity index (χ1n) is 5.26. The molecule has 0 heterocycles. The summed E-state index contributed by atoms with van der Waals surface area (Å²) < 4.78 is 0. The molecular formula is C12H24. The maximum Gasteiger partial charge on any atom is -0.0317 e. The van der Waals surface area contributed by atoms with Crippen LogP contribution < -0.4 is 0 Å². The second-order valence-corrected chi connectivity index (χ2v) is 4.35. The van der Waals surface area contributed by atoms with Crippen molar-refractivity contribution in [2.24, 2.45) is 11.3 Å². The van der Waals surface area contributed by atoms with Crippen molar-refractivity contribution in [3.8, 4) is 0 Å². The molecule has 0 aromatic rings. The molecule has 0 fully saturated rings. The van der Waals surface area contributed by atoms with Gasteiger partial charge in [0.25, 0.3) is 0 Å². The minimum Gasteiger partial charge on any atom is -0.0885 e. The molecule has 72 valence electrons. The Hall–Kier alpha value is -0.260. The third kappa shape index (κ3) is 3.94. The first kappa shape index (κ1) is 11.7. The number of hydrogen-bond acceptors (Lipinski definition) is 0. The summed E-state index contributed by atoms with van der Waals surface area (Å²) in [4.78, 5) is 0. The molecule has 0 radical (unpaired) electrons. The van der Waals surface area contributed by atoms with Gasteiger partial charge in [-0.15, -0.1) is 0 Å². The summed E-state index contributed by atoms with van der Waals surface area (Å²) in [5.74, 6) is 0.914. The number of allylic oxidation sites excluding steroid dienone is 2. The van der Waals surface area contributed by atoms with Gasteiger partial charge in [-0.2, -0.15) is 0 Å². The Balaban J connectivity index is 0.000000561. The zero-order valence-corrected chi connectivity index (χ0v) is 9.35. The summed E-state index contributed by atoms with van der Waals surface area (Å²) in [5, 5.41) is 0. The molecule has 0 nitrogen and oxygen atoms in total.